The van der Waals surface area contributed by atoms with Gasteiger partial charge in [0, 0.05) is 24.0 Å². The van der Waals surface area contributed by atoms with E-state index in [-0.39, 0.29) is 5.75 Å². The van der Waals surface area contributed by atoms with Crippen LogP contribution in [-0.2, 0) is 0 Å². The molecule has 0 amide bonds. The summed E-state index contributed by atoms with van der Waals surface area (Å²) >= 11 is 0. The molecular formula is C18H21N3O3. The quantitative estimate of drug-likeness (QED) is 0.791. The lowest BCUT2D eigenvalue weighted by atomic mass is 10.1. The van der Waals surface area contributed by atoms with E-state index in [1.165, 1.54) is 13.2 Å². The number of aromatic nitrogens is 3. The zero-order chi connectivity index (χ0) is 17.5. The van der Waals surface area contributed by atoms with Crippen molar-refractivity contribution >= 4 is 0 Å². The summed E-state index contributed by atoms with van der Waals surface area (Å²) in [6.07, 6.45) is 3.48. The highest BCUT2D eigenvalue weighted by molar-refractivity contribution is 5.71. The van der Waals surface area contributed by atoms with E-state index < -0.39 is 0 Å². The molecule has 6 nitrogen and oxygen atoms in total. The Labute approximate surface area is 141 Å². The Hall–Kier alpha value is -3.02. The molecule has 0 bridgehead atoms. The molecule has 6 heteroatoms. The second-order valence-corrected chi connectivity index (χ2v) is 4.56. The van der Waals surface area contributed by atoms with Crippen molar-refractivity contribution in [2.24, 2.45) is 0 Å². The van der Waals surface area contributed by atoms with Gasteiger partial charge >= 0.3 is 0 Å². The molecule has 126 valence electrons. The van der Waals surface area contributed by atoms with Crippen molar-refractivity contribution in [2.45, 2.75) is 13.8 Å². The third-order valence-corrected chi connectivity index (χ3v) is 3.25. The maximum absolute atomic E-state index is 10.2. The van der Waals surface area contributed by atoms with Gasteiger partial charge in [0.05, 0.1) is 19.9 Å². The van der Waals surface area contributed by atoms with Crippen LogP contribution in [0.4, 0.5) is 0 Å². The molecule has 1 aromatic carbocycles. The molecule has 0 saturated heterocycles. The number of benzene rings is 1. The van der Waals surface area contributed by atoms with Gasteiger partial charge in [0.2, 0.25) is 0 Å². The summed E-state index contributed by atoms with van der Waals surface area (Å²) in [6, 6.07) is 10.6. The lowest BCUT2D eigenvalue weighted by Crippen LogP contribution is -1.97. The number of rotatable bonds is 4. The largest absolute Gasteiger partial charge is 0.507 e. The molecule has 3 aromatic rings. The smallest absolute Gasteiger partial charge is 0.164 e. The van der Waals surface area contributed by atoms with E-state index in [1.807, 2.05) is 32.0 Å². The number of hydrogen-bond donors (Lipinski definition) is 1. The van der Waals surface area contributed by atoms with Gasteiger partial charge in [-0.1, -0.05) is 19.9 Å². The number of methoxy groups -OCH3 is 2. The summed E-state index contributed by atoms with van der Waals surface area (Å²) in [4.78, 5) is 4.23. The van der Waals surface area contributed by atoms with Crippen molar-refractivity contribution in [3.63, 3.8) is 0 Å². The summed E-state index contributed by atoms with van der Waals surface area (Å²) < 4.78 is 12.1. The van der Waals surface area contributed by atoms with Crippen LogP contribution >= 0.6 is 0 Å². The van der Waals surface area contributed by atoms with Crippen molar-refractivity contribution < 1.29 is 14.6 Å². The van der Waals surface area contributed by atoms with E-state index in [1.54, 1.807) is 36.3 Å². The van der Waals surface area contributed by atoms with Crippen molar-refractivity contribution in [1.82, 2.24) is 14.8 Å². The number of hydrogen-bond acceptors (Lipinski definition) is 5. The summed E-state index contributed by atoms with van der Waals surface area (Å²) in [7, 11) is 3.07. The molecule has 2 heterocycles. The van der Waals surface area contributed by atoms with Crippen molar-refractivity contribution in [2.75, 3.05) is 14.2 Å². The van der Waals surface area contributed by atoms with E-state index in [4.69, 9.17) is 9.47 Å². The van der Waals surface area contributed by atoms with Crippen molar-refractivity contribution in [3.05, 3.63) is 48.8 Å². The monoisotopic (exact) mass is 327 g/mol. The van der Waals surface area contributed by atoms with Crippen LogP contribution in [0.25, 0.3) is 17.1 Å². The second-order valence-electron chi connectivity index (χ2n) is 4.56. The van der Waals surface area contributed by atoms with Gasteiger partial charge in [-0.05, 0) is 24.3 Å². The van der Waals surface area contributed by atoms with Crippen LogP contribution in [0.15, 0.2) is 48.8 Å². The zero-order valence-electron chi connectivity index (χ0n) is 14.2. The van der Waals surface area contributed by atoms with Crippen LogP contribution in [-0.4, -0.2) is 34.1 Å². The lowest BCUT2D eigenvalue weighted by molar-refractivity contribution is 0.352. The molecular weight excluding hydrogens is 306 g/mol. The first-order valence-electron chi connectivity index (χ1n) is 7.65. The predicted molar refractivity (Wildman–Crippen MR) is 92.9 cm³/mol. The Balaban J connectivity index is 0.00000100. The van der Waals surface area contributed by atoms with E-state index >= 15 is 0 Å². The third kappa shape index (κ3) is 3.48. The van der Waals surface area contributed by atoms with Crippen LogP contribution in [0.2, 0.25) is 0 Å². The molecule has 0 unspecified atom stereocenters. The first-order valence-corrected chi connectivity index (χ1v) is 7.65. The third-order valence-electron chi connectivity index (χ3n) is 3.25. The molecule has 0 radical (unpaired) electrons. The maximum atomic E-state index is 10.2. The molecule has 1 N–H and O–H groups in total. The average Bonchev–Trinajstić information content (AvgIpc) is 3.13. The van der Waals surface area contributed by atoms with Gasteiger partial charge in [0.1, 0.15) is 5.75 Å². The van der Waals surface area contributed by atoms with Crippen molar-refractivity contribution in [1.29, 1.82) is 0 Å². The maximum Gasteiger partial charge on any atom is 0.164 e. The number of phenols is 1. The first-order chi connectivity index (χ1) is 11.7. The molecule has 0 spiro atoms. The molecule has 0 saturated carbocycles. The molecule has 3 rings (SSSR count). The summed E-state index contributed by atoms with van der Waals surface area (Å²) in [5.41, 5.74) is 1.18. The van der Waals surface area contributed by atoms with E-state index in [2.05, 4.69) is 10.1 Å². The summed E-state index contributed by atoms with van der Waals surface area (Å²) in [6.45, 7) is 4.00. The van der Waals surface area contributed by atoms with Crippen LogP contribution in [0, 0.1) is 0 Å². The highest BCUT2D eigenvalue weighted by Crippen LogP contribution is 2.38. The van der Waals surface area contributed by atoms with Gasteiger partial charge in [-0.2, -0.15) is 5.10 Å². The molecule has 24 heavy (non-hydrogen) atoms. The molecule has 0 aliphatic heterocycles. The Morgan fingerprint density at radius 3 is 2.33 bits per heavy atom. The minimum absolute atomic E-state index is 0.0731. The first kappa shape index (κ1) is 17.3. The highest BCUT2D eigenvalue weighted by atomic mass is 16.5. The minimum Gasteiger partial charge on any atom is -0.507 e. The zero-order valence-corrected chi connectivity index (χ0v) is 14.2. The summed E-state index contributed by atoms with van der Waals surface area (Å²) in [5, 5.41) is 14.6. The SMILES string of the molecule is CC.COc1cc(O)c(-c2ccn(-c3ccccn3)n2)cc1OC. The van der Waals surface area contributed by atoms with E-state index in [0.717, 1.165) is 0 Å². The highest BCUT2D eigenvalue weighted by Gasteiger charge is 2.14. The van der Waals surface area contributed by atoms with Gasteiger partial charge in [0.25, 0.3) is 0 Å². The van der Waals surface area contributed by atoms with Crippen LogP contribution in [0.3, 0.4) is 0 Å². The number of pyridine rings is 1. The van der Waals surface area contributed by atoms with Gasteiger partial charge in [-0.25, -0.2) is 9.67 Å². The fraction of sp³-hybridized carbons (Fsp3) is 0.222. The van der Waals surface area contributed by atoms with Gasteiger partial charge < -0.3 is 14.6 Å². The molecule has 0 atom stereocenters. The van der Waals surface area contributed by atoms with Crippen LogP contribution in [0.5, 0.6) is 17.2 Å². The van der Waals surface area contributed by atoms with Crippen LogP contribution < -0.4 is 9.47 Å². The standard InChI is InChI=1S/C16H15N3O3.C2H6/c1-21-14-9-11(13(20)10-15(14)22-2)12-6-8-19(18-12)16-5-3-4-7-17-16;1-2/h3-10,20H,1-2H3;1-2H3. The van der Waals surface area contributed by atoms with Gasteiger partial charge in [0.15, 0.2) is 17.3 Å². The Kier molecular flexibility index (Phi) is 5.78. The lowest BCUT2D eigenvalue weighted by Gasteiger charge is -2.10. The number of aromatic hydroxyl groups is 1. The van der Waals surface area contributed by atoms with Crippen LogP contribution in [0.1, 0.15) is 13.8 Å². The Bertz CT molecular complexity index is 785. The van der Waals surface area contributed by atoms with E-state index in [0.29, 0.717) is 28.6 Å². The second kappa shape index (κ2) is 8.01. The van der Waals surface area contributed by atoms with Gasteiger partial charge in [-0.3, -0.25) is 0 Å². The Morgan fingerprint density at radius 2 is 1.71 bits per heavy atom. The van der Waals surface area contributed by atoms with Gasteiger partial charge in [-0.15, -0.1) is 0 Å². The predicted octanol–water partition coefficient (Wildman–Crippen LogP) is 3.68. The Morgan fingerprint density at radius 1 is 1.00 bits per heavy atom. The fourth-order valence-corrected chi connectivity index (χ4v) is 2.16. The molecule has 0 fully saturated rings. The minimum atomic E-state index is 0.0731. The molecule has 0 aliphatic carbocycles. The molecule has 0 aliphatic rings. The van der Waals surface area contributed by atoms with Crippen molar-refractivity contribution in [3.8, 4) is 34.3 Å². The molecule has 2 aromatic heterocycles. The topological polar surface area (TPSA) is 69.4 Å². The normalized spacial score (nSPS) is 9.83. The van der Waals surface area contributed by atoms with E-state index in [9.17, 15) is 5.11 Å². The number of phenolic OH excluding ortho intramolecular Hbond substituents is 1. The average molecular weight is 327 g/mol. The number of ether oxygens (including phenoxy) is 2. The fourth-order valence-electron chi connectivity index (χ4n) is 2.16. The summed E-state index contributed by atoms with van der Waals surface area (Å²) in [5.74, 6) is 1.77. The number of nitrogens with zero attached hydrogens (tertiary/aromatic N) is 3.